The van der Waals surface area contributed by atoms with Crippen LogP contribution in [0.25, 0.3) is 0 Å². The van der Waals surface area contributed by atoms with Crippen molar-refractivity contribution in [3.63, 3.8) is 0 Å². The van der Waals surface area contributed by atoms with E-state index in [9.17, 15) is 19.7 Å². The quantitative estimate of drug-likeness (QED) is 0.613. The van der Waals surface area contributed by atoms with E-state index in [1.165, 1.54) is 34.0 Å². The average molecular weight is 316 g/mol. The normalized spacial score (nSPS) is 11.7. The van der Waals surface area contributed by atoms with E-state index in [-0.39, 0.29) is 24.2 Å². The predicted molar refractivity (Wildman–Crippen MR) is 82.8 cm³/mol. The molecule has 0 saturated carbocycles. The Morgan fingerprint density at radius 1 is 1.43 bits per heavy atom. The number of likely N-dealkylation sites (N-methyl/N-ethyl adjacent to an activating group) is 1. The summed E-state index contributed by atoms with van der Waals surface area (Å²) in [5, 5.41) is 10.8. The topological polar surface area (TPSA) is 98.3 Å². The Balaban J connectivity index is 2.16. The molecule has 2 aromatic rings. The van der Waals surface area contributed by atoms with Crippen molar-refractivity contribution in [2.24, 2.45) is 0 Å². The molecule has 0 bridgehead atoms. The van der Waals surface area contributed by atoms with E-state index in [1.807, 2.05) is 0 Å². The monoisotopic (exact) mass is 316 g/mol. The molecule has 23 heavy (non-hydrogen) atoms. The van der Waals surface area contributed by atoms with Crippen LogP contribution in [0.2, 0.25) is 0 Å². The lowest BCUT2D eigenvalue weighted by molar-refractivity contribution is -0.384. The van der Waals surface area contributed by atoms with Gasteiger partial charge in [0.2, 0.25) is 5.91 Å². The Morgan fingerprint density at radius 2 is 2.17 bits per heavy atom. The van der Waals surface area contributed by atoms with E-state index in [4.69, 9.17) is 0 Å². The van der Waals surface area contributed by atoms with Crippen molar-refractivity contribution in [2.45, 2.75) is 19.5 Å². The maximum atomic E-state index is 12.3. The van der Waals surface area contributed by atoms with Gasteiger partial charge in [0, 0.05) is 31.6 Å². The number of rotatable bonds is 5. The molecule has 0 aliphatic heterocycles. The Bertz CT molecular complexity index is 787. The molecule has 0 spiro atoms. The molecule has 1 amide bonds. The van der Waals surface area contributed by atoms with Gasteiger partial charge in [0.15, 0.2) is 0 Å². The van der Waals surface area contributed by atoms with Crippen LogP contribution in [0.5, 0.6) is 0 Å². The minimum absolute atomic E-state index is 0.0290. The molecule has 0 saturated heterocycles. The highest BCUT2D eigenvalue weighted by Crippen LogP contribution is 2.23. The van der Waals surface area contributed by atoms with Gasteiger partial charge in [0.25, 0.3) is 5.69 Å². The third kappa shape index (κ3) is 3.79. The lowest BCUT2D eigenvalue weighted by Gasteiger charge is -2.25. The van der Waals surface area contributed by atoms with Gasteiger partial charge < -0.3 is 4.90 Å². The Labute approximate surface area is 132 Å². The lowest BCUT2D eigenvalue weighted by Crippen LogP contribution is -2.35. The molecule has 0 aliphatic carbocycles. The fraction of sp³-hybridized carbons (Fsp3) is 0.267. The predicted octanol–water partition coefficient (Wildman–Crippen LogP) is 1.37. The molecule has 1 aromatic carbocycles. The molecule has 2 rings (SSSR count). The fourth-order valence-corrected chi connectivity index (χ4v) is 2.10. The molecule has 1 unspecified atom stereocenters. The van der Waals surface area contributed by atoms with E-state index in [0.29, 0.717) is 5.56 Å². The van der Waals surface area contributed by atoms with Crippen LogP contribution in [0.1, 0.15) is 18.5 Å². The number of carbonyl (C=O) groups excluding carboxylic acids is 1. The minimum atomic E-state index is -0.503. The summed E-state index contributed by atoms with van der Waals surface area (Å²) >= 11 is 0. The highest BCUT2D eigenvalue weighted by atomic mass is 16.6. The lowest BCUT2D eigenvalue weighted by atomic mass is 10.1. The van der Waals surface area contributed by atoms with Crippen LogP contribution in [0, 0.1) is 10.1 Å². The number of nitro benzene ring substituents is 1. The Morgan fingerprint density at radius 3 is 2.83 bits per heavy atom. The molecule has 0 aliphatic rings. The molecule has 0 radical (unpaired) electrons. The number of hydrogen-bond donors (Lipinski definition) is 0. The Kier molecular flexibility index (Phi) is 4.85. The van der Waals surface area contributed by atoms with Crippen LogP contribution in [-0.2, 0) is 11.3 Å². The molecule has 1 aromatic heterocycles. The van der Waals surface area contributed by atoms with Gasteiger partial charge in [-0.1, -0.05) is 12.1 Å². The minimum Gasteiger partial charge on any atom is -0.337 e. The second-order valence-electron chi connectivity index (χ2n) is 5.06. The van der Waals surface area contributed by atoms with E-state index in [2.05, 4.69) is 4.98 Å². The summed E-state index contributed by atoms with van der Waals surface area (Å²) in [7, 11) is 1.59. The maximum absolute atomic E-state index is 12.3. The van der Waals surface area contributed by atoms with Crippen LogP contribution in [0.4, 0.5) is 5.69 Å². The van der Waals surface area contributed by atoms with E-state index in [0.717, 1.165) is 0 Å². The van der Waals surface area contributed by atoms with Crippen molar-refractivity contribution in [3.8, 4) is 0 Å². The van der Waals surface area contributed by atoms with Gasteiger partial charge in [-0.25, -0.2) is 9.78 Å². The van der Waals surface area contributed by atoms with Gasteiger partial charge >= 0.3 is 5.69 Å². The van der Waals surface area contributed by atoms with Gasteiger partial charge in [-0.2, -0.15) is 0 Å². The first-order chi connectivity index (χ1) is 10.9. The van der Waals surface area contributed by atoms with Crippen molar-refractivity contribution >= 4 is 11.6 Å². The van der Waals surface area contributed by atoms with Crippen molar-refractivity contribution in [3.05, 3.63) is 68.9 Å². The van der Waals surface area contributed by atoms with Crippen molar-refractivity contribution < 1.29 is 9.72 Å². The molecule has 8 nitrogen and oxygen atoms in total. The molecular weight excluding hydrogens is 300 g/mol. The molecule has 0 N–H and O–H groups in total. The zero-order valence-corrected chi connectivity index (χ0v) is 12.7. The molecule has 1 heterocycles. The van der Waals surface area contributed by atoms with E-state index >= 15 is 0 Å². The highest BCUT2D eigenvalue weighted by Gasteiger charge is 2.19. The fourth-order valence-electron chi connectivity index (χ4n) is 2.10. The second kappa shape index (κ2) is 6.82. The largest absolute Gasteiger partial charge is 0.347 e. The first-order valence-corrected chi connectivity index (χ1v) is 6.91. The number of benzene rings is 1. The van der Waals surface area contributed by atoms with Crippen LogP contribution in [0.15, 0.2) is 47.5 Å². The van der Waals surface area contributed by atoms with Crippen LogP contribution < -0.4 is 5.69 Å². The number of nitrogens with zero attached hydrogens (tertiary/aromatic N) is 4. The van der Waals surface area contributed by atoms with Crippen LogP contribution in [-0.4, -0.2) is 32.3 Å². The number of hydrogen-bond acceptors (Lipinski definition) is 5. The molecule has 120 valence electrons. The number of carbonyl (C=O) groups is 1. The third-order valence-electron chi connectivity index (χ3n) is 3.63. The third-order valence-corrected chi connectivity index (χ3v) is 3.63. The van der Waals surface area contributed by atoms with Crippen molar-refractivity contribution in [2.75, 3.05) is 7.05 Å². The number of non-ortho nitro benzene ring substituents is 1. The first kappa shape index (κ1) is 16.3. The first-order valence-electron chi connectivity index (χ1n) is 6.91. The Hall–Kier alpha value is -3.03. The van der Waals surface area contributed by atoms with Crippen LogP contribution >= 0.6 is 0 Å². The smallest absolute Gasteiger partial charge is 0.337 e. The molecular formula is C15H16N4O4. The van der Waals surface area contributed by atoms with Gasteiger partial charge in [0.1, 0.15) is 6.54 Å². The molecule has 1 atom stereocenters. The average Bonchev–Trinajstić information content (AvgIpc) is 2.55. The number of nitro groups is 1. The van der Waals surface area contributed by atoms with Gasteiger partial charge in [-0.05, 0) is 18.6 Å². The summed E-state index contributed by atoms with van der Waals surface area (Å²) in [6.45, 7) is 1.63. The van der Waals surface area contributed by atoms with E-state index < -0.39 is 10.6 Å². The summed E-state index contributed by atoms with van der Waals surface area (Å²) < 4.78 is 1.21. The SMILES string of the molecule is CC(c1cccc([N+](=O)[O-])c1)N(C)C(=O)Cn1cccnc1=O. The standard InChI is InChI=1S/C15H16N4O4/c1-11(12-5-3-6-13(9-12)19(22)23)17(2)14(20)10-18-8-4-7-16-15(18)21/h3-9,11H,10H2,1-2H3. The summed E-state index contributed by atoms with van der Waals surface area (Å²) in [6, 6.07) is 7.33. The second-order valence-corrected chi connectivity index (χ2v) is 5.06. The summed E-state index contributed by atoms with van der Waals surface area (Å²) in [6.07, 6.45) is 2.85. The maximum Gasteiger partial charge on any atom is 0.347 e. The number of aromatic nitrogens is 2. The summed E-state index contributed by atoms with van der Waals surface area (Å²) in [5.41, 5.74) is 0.115. The summed E-state index contributed by atoms with van der Waals surface area (Å²) in [4.78, 5) is 39.2. The zero-order chi connectivity index (χ0) is 17.0. The molecule has 8 heteroatoms. The van der Waals surface area contributed by atoms with Crippen molar-refractivity contribution in [1.82, 2.24) is 14.5 Å². The van der Waals surface area contributed by atoms with Crippen molar-refractivity contribution in [1.29, 1.82) is 0 Å². The highest BCUT2D eigenvalue weighted by molar-refractivity contribution is 5.76. The zero-order valence-electron chi connectivity index (χ0n) is 12.7. The summed E-state index contributed by atoms with van der Waals surface area (Å²) in [5.74, 6) is -0.292. The molecule has 0 fully saturated rings. The van der Waals surface area contributed by atoms with Gasteiger partial charge in [0.05, 0.1) is 11.0 Å². The number of amides is 1. The van der Waals surface area contributed by atoms with E-state index in [1.54, 1.807) is 32.2 Å². The van der Waals surface area contributed by atoms with Crippen LogP contribution in [0.3, 0.4) is 0 Å². The van der Waals surface area contributed by atoms with Gasteiger partial charge in [-0.3, -0.25) is 19.5 Å². The van der Waals surface area contributed by atoms with Gasteiger partial charge in [-0.15, -0.1) is 0 Å².